The number of carbonyl (C=O) groups is 3. The van der Waals surface area contributed by atoms with Crippen LogP contribution in [0.4, 0.5) is 5.69 Å². The van der Waals surface area contributed by atoms with E-state index in [1.165, 1.54) is 17.4 Å². The predicted octanol–water partition coefficient (Wildman–Crippen LogP) is 2.40. The van der Waals surface area contributed by atoms with E-state index in [-0.39, 0.29) is 35.8 Å². The molecule has 1 aliphatic carbocycles. The van der Waals surface area contributed by atoms with Gasteiger partial charge in [0.05, 0.1) is 5.69 Å². The van der Waals surface area contributed by atoms with Gasteiger partial charge < -0.3 is 21.3 Å². The van der Waals surface area contributed by atoms with Gasteiger partial charge in [0.2, 0.25) is 5.91 Å². The Labute approximate surface area is 172 Å². The molecule has 3 amide bonds. The lowest BCUT2D eigenvalue weighted by atomic mass is 10.1. The molecule has 2 aliphatic rings. The second-order valence-corrected chi connectivity index (χ2v) is 8.65. The first-order valence-corrected chi connectivity index (χ1v) is 10.6. The summed E-state index contributed by atoms with van der Waals surface area (Å²) in [6.45, 7) is 6.06. The fraction of sp³-hybridized carbons (Fsp3) is 0.381. The third-order valence-corrected chi connectivity index (χ3v) is 6.63. The molecular formula is C21H24N4O3S. The Morgan fingerprint density at radius 2 is 2.00 bits per heavy atom. The zero-order valence-electron chi connectivity index (χ0n) is 16.2. The number of carbonyl (C=O) groups excluding carboxylic acids is 3. The van der Waals surface area contributed by atoms with Gasteiger partial charge in [-0.2, -0.15) is 0 Å². The highest BCUT2D eigenvalue weighted by atomic mass is 32.1. The van der Waals surface area contributed by atoms with Gasteiger partial charge in [0.25, 0.3) is 11.8 Å². The number of rotatable bonds is 4. The van der Waals surface area contributed by atoms with Crippen molar-refractivity contribution in [2.45, 2.75) is 44.3 Å². The molecule has 29 heavy (non-hydrogen) atoms. The molecule has 1 fully saturated rings. The zero-order chi connectivity index (χ0) is 20.5. The van der Waals surface area contributed by atoms with Crippen molar-refractivity contribution in [3.05, 3.63) is 41.3 Å². The molecule has 2 heterocycles. The van der Waals surface area contributed by atoms with E-state index < -0.39 is 0 Å². The smallest absolute Gasteiger partial charge is 0.263 e. The van der Waals surface area contributed by atoms with E-state index in [1.54, 1.807) is 6.07 Å². The summed E-state index contributed by atoms with van der Waals surface area (Å²) < 4.78 is 0.959. The SMILES string of the molecule is C=CC(=O)N[C@@H]1CCC[C@@H]1NC(=O)c1ccc2sc3c(c2c1)NC[C@@H](C)NC3=O. The van der Waals surface area contributed by atoms with Crippen LogP contribution in [-0.2, 0) is 4.79 Å². The summed E-state index contributed by atoms with van der Waals surface area (Å²) in [4.78, 5) is 37.6. The van der Waals surface area contributed by atoms with Crippen LogP contribution in [0.15, 0.2) is 30.9 Å². The zero-order valence-corrected chi connectivity index (χ0v) is 17.0. The minimum atomic E-state index is -0.225. The monoisotopic (exact) mass is 412 g/mol. The molecule has 0 bridgehead atoms. The fourth-order valence-electron chi connectivity index (χ4n) is 3.97. The average Bonchev–Trinajstić information content (AvgIpc) is 3.26. The lowest BCUT2D eigenvalue weighted by Crippen LogP contribution is -2.48. The molecule has 152 valence electrons. The maximum atomic E-state index is 12.9. The number of anilines is 1. The lowest BCUT2D eigenvalue weighted by Gasteiger charge is -2.21. The number of amides is 3. The second-order valence-electron chi connectivity index (χ2n) is 7.60. The van der Waals surface area contributed by atoms with E-state index >= 15 is 0 Å². The van der Waals surface area contributed by atoms with Crippen LogP contribution in [0.25, 0.3) is 10.1 Å². The van der Waals surface area contributed by atoms with Gasteiger partial charge in [0, 0.05) is 40.3 Å². The largest absolute Gasteiger partial charge is 0.381 e. The Bertz CT molecular complexity index is 999. The van der Waals surface area contributed by atoms with E-state index in [0.29, 0.717) is 17.0 Å². The van der Waals surface area contributed by atoms with Crippen molar-refractivity contribution in [2.24, 2.45) is 0 Å². The second kappa shape index (κ2) is 7.87. The number of hydrogen-bond acceptors (Lipinski definition) is 5. The summed E-state index contributed by atoms with van der Waals surface area (Å²) in [5, 5.41) is 13.1. The van der Waals surface area contributed by atoms with Gasteiger partial charge in [0.1, 0.15) is 4.88 Å². The van der Waals surface area contributed by atoms with Crippen LogP contribution >= 0.6 is 11.3 Å². The molecule has 1 aromatic heterocycles. The number of fused-ring (bicyclic) bond motifs is 3. The van der Waals surface area contributed by atoms with Gasteiger partial charge in [-0.25, -0.2) is 0 Å². The maximum absolute atomic E-state index is 12.9. The first kappa shape index (κ1) is 19.4. The standard InChI is InChI=1S/C21H24N4O3S/c1-3-17(26)24-14-5-4-6-15(14)25-20(27)12-7-8-16-13(9-12)18-19(29-16)21(28)23-11(2)10-22-18/h3,7-9,11,14-15,22H,1,4-6,10H2,2H3,(H,23,28)(H,24,26)(H,25,27)/t11-,14-,15+/m1/s1. The van der Waals surface area contributed by atoms with Crippen LogP contribution in [0, 0.1) is 0 Å². The Hall–Kier alpha value is -2.87. The van der Waals surface area contributed by atoms with Crippen molar-refractivity contribution in [3.8, 4) is 0 Å². The topological polar surface area (TPSA) is 99.3 Å². The number of nitrogens with one attached hydrogen (secondary N) is 4. The predicted molar refractivity (Wildman–Crippen MR) is 114 cm³/mol. The van der Waals surface area contributed by atoms with Gasteiger partial charge in [-0.05, 0) is 50.5 Å². The van der Waals surface area contributed by atoms with Gasteiger partial charge in [0.15, 0.2) is 0 Å². The van der Waals surface area contributed by atoms with Crippen molar-refractivity contribution < 1.29 is 14.4 Å². The molecule has 2 aromatic rings. The molecule has 3 atom stereocenters. The molecule has 0 unspecified atom stereocenters. The summed E-state index contributed by atoms with van der Waals surface area (Å²) >= 11 is 1.42. The minimum Gasteiger partial charge on any atom is -0.381 e. The Kier molecular flexibility index (Phi) is 5.27. The summed E-state index contributed by atoms with van der Waals surface area (Å²) in [6, 6.07) is 5.34. The first-order valence-electron chi connectivity index (χ1n) is 9.81. The van der Waals surface area contributed by atoms with E-state index in [2.05, 4.69) is 27.8 Å². The molecule has 0 spiro atoms. The van der Waals surface area contributed by atoms with Crippen molar-refractivity contribution in [1.29, 1.82) is 0 Å². The summed E-state index contributed by atoms with van der Waals surface area (Å²) in [5.41, 5.74) is 1.33. The first-order chi connectivity index (χ1) is 14.0. The van der Waals surface area contributed by atoms with Gasteiger partial charge in [-0.3, -0.25) is 14.4 Å². The Balaban J connectivity index is 1.56. The quantitative estimate of drug-likeness (QED) is 0.580. The van der Waals surface area contributed by atoms with Gasteiger partial charge in [-0.15, -0.1) is 11.3 Å². The van der Waals surface area contributed by atoms with E-state index in [9.17, 15) is 14.4 Å². The average molecular weight is 413 g/mol. The highest BCUT2D eigenvalue weighted by Gasteiger charge is 2.30. The lowest BCUT2D eigenvalue weighted by molar-refractivity contribution is -0.117. The van der Waals surface area contributed by atoms with Crippen molar-refractivity contribution in [1.82, 2.24) is 16.0 Å². The molecule has 7 nitrogen and oxygen atoms in total. The number of hydrogen-bond donors (Lipinski definition) is 4. The molecular weight excluding hydrogens is 388 g/mol. The van der Waals surface area contributed by atoms with Crippen LogP contribution in [0.3, 0.4) is 0 Å². The van der Waals surface area contributed by atoms with E-state index in [1.807, 2.05) is 19.1 Å². The Morgan fingerprint density at radius 3 is 2.76 bits per heavy atom. The van der Waals surface area contributed by atoms with Crippen LogP contribution in [0.1, 0.15) is 46.2 Å². The van der Waals surface area contributed by atoms with Crippen LogP contribution < -0.4 is 21.3 Å². The highest BCUT2D eigenvalue weighted by molar-refractivity contribution is 7.21. The molecule has 4 rings (SSSR count). The third kappa shape index (κ3) is 3.85. The molecule has 1 aliphatic heterocycles. The summed E-state index contributed by atoms with van der Waals surface area (Å²) in [5.74, 6) is -0.489. The van der Waals surface area contributed by atoms with Gasteiger partial charge >= 0.3 is 0 Å². The van der Waals surface area contributed by atoms with Crippen molar-refractivity contribution >= 4 is 44.8 Å². The maximum Gasteiger partial charge on any atom is 0.263 e. The van der Waals surface area contributed by atoms with Crippen LogP contribution in [-0.4, -0.2) is 42.4 Å². The number of thiophene rings is 1. The van der Waals surface area contributed by atoms with Crippen LogP contribution in [0.5, 0.6) is 0 Å². The molecule has 8 heteroatoms. The van der Waals surface area contributed by atoms with E-state index in [4.69, 9.17) is 0 Å². The van der Waals surface area contributed by atoms with Crippen LogP contribution in [0.2, 0.25) is 0 Å². The Morgan fingerprint density at radius 1 is 1.24 bits per heavy atom. The molecule has 1 aromatic carbocycles. The van der Waals surface area contributed by atoms with E-state index in [0.717, 1.165) is 35.0 Å². The molecule has 4 N–H and O–H groups in total. The normalized spacial score (nSPS) is 23.5. The highest BCUT2D eigenvalue weighted by Crippen LogP contribution is 2.37. The van der Waals surface area contributed by atoms with Gasteiger partial charge in [-0.1, -0.05) is 6.58 Å². The third-order valence-electron chi connectivity index (χ3n) is 5.46. The van der Waals surface area contributed by atoms with Crippen molar-refractivity contribution in [3.63, 3.8) is 0 Å². The molecule has 0 saturated heterocycles. The van der Waals surface area contributed by atoms with Crippen molar-refractivity contribution in [2.75, 3.05) is 11.9 Å². The summed E-state index contributed by atoms with van der Waals surface area (Å²) in [6.07, 6.45) is 3.85. The fourth-order valence-corrected chi connectivity index (χ4v) is 5.03. The minimum absolute atomic E-state index is 0.0358. The number of benzene rings is 1. The summed E-state index contributed by atoms with van der Waals surface area (Å²) in [7, 11) is 0. The molecule has 1 saturated carbocycles. The molecule has 0 radical (unpaired) electrons.